The molecule has 4 aromatic rings. The third-order valence-corrected chi connectivity index (χ3v) is 5.04. The molecular weight excluding hydrogens is 443 g/mol. The van der Waals surface area contributed by atoms with Gasteiger partial charge in [0.05, 0.1) is 17.9 Å². The van der Waals surface area contributed by atoms with Crippen LogP contribution >= 0.6 is 0 Å². The van der Waals surface area contributed by atoms with Crippen LogP contribution in [0.2, 0.25) is 0 Å². The number of aromatic nitrogens is 4. The maximum atomic E-state index is 13.5. The van der Waals surface area contributed by atoms with Crippen LogP contribution in [0.3, 0.4) is 0 Å². The highest BCUT2D eigenvalue weighted by Crippen LogP contribution is 2.39. The van der Waals surface area contributed by atoms with Gasteiger partial charge in [0, 0.05) is 23.1 Å². The van der Waals surface area contributed by atoms with E-state index < -0.39 is 12.2 Å². The van der Waals surface area contributed by atoms with Crippen molar-refractivity contribution in [3.63, 3.8) is 0 Å². The number of pyridine rings is 2. The molecule has 4 rings (SSSR count). The van der Waals surface area contributed by atoms with Gasteiger partial charge in [0.1, 0.15) is 11.5 Å². The zero-order chi connectivity index (χ0) is 24.1. The van der Waals surface area contributed by atoms with Crippen molar-refractivity contribution in [2.24, 2.45) is 0 Å². The molecule has 0 aliphatic carbocycles. The smallest absolute Gasteiger partial charge is 0.280 e. The van der Waals surface area contributed by atoms with E-state index >= 15 is 0 Å². The maximum absolute atomic E-state index is 13.5. The Bertz CT molecular complexity index is 1270. The number of anilines is 1. The number of ether oxygens (including phenoxy) is 1. The van der Waals surface area contributed by atoms with Crippen molar-refractivity contribution in [1.82, 2.24) is 19.9 Å². The Morgan fingerprint density at radius 2 is 1.76 bits per heavy atom. The molecule has 0 saturated heterocycles. The number of aryl methyl sites for hydroxylation is 2. The summed E-state index contributed by atoms with van der Waals surface area (Å²) < 4.78 is 46.5. The summed E-state index contributed by atoms with van der Waals surface area (Å²) in [6, 6.07) is 14.2. The first kappa shape index (κ1) is 23.2. The van der Waals surface area contributed by atoms with E-state index in [2.05, 4.69) is 19.9 Å². The van der Waals surface area contributed by atoms with Gasteiger partial charge in [0.2, 0.25) is 11.8 Å². The Balaban J connectivity index is 1.75. The van der Waals surface area contributed by atoms with Crippen LogP contribution in [0.4, 0.5) is 19.1 Å². The van der Waals surface area contributed by atoms with Crippen molar-refractivity contribution >= 4 is 5.95 Å². The van der Waals surface area contributed by atoms with Crippen LogP contribution in [-0.2, 0) is 6.42 Å². The van der Waals surface area contributed by atoms with E-state index in [1.165, 1.54) is 30.3 Å². The van der Waals surface area contributed by atoms with Gasteiger partial charge in [0.15, 0.2) is 0 Å². The molecule has 3 aromatic heterocycles. The highest BCUT2D eigenvalue weighted by atomic mass is 19.3. The van der Waals surface area contributed by atoms with Gasteiger partial charge < -0.3 is 10.5 Å². The maximum Gasteiger partial charge on any atom is 0.280 e. The Morgan fingerprint density at radius 3 is 2.47 bits per heavy atom. The minimum atomic E-state index is -2.76. The molecule has 9 heteroatoms. The second-order valence-electron chi connectivity index (χ2n) is 7.61. The van der Waals surface area contributed by atoms with Crippen LogP contribution in [-0.4, -0.2) is 26.5 Å². The van der Waals surface area contributed by atoms with Gasteiger partial charge in [-0.15, -0.1) is 0 Å². The molecule has 174 valence electrons. The zero-order valence-corrected chi connectivity index (χ0v) is 18.4. The van der Waals surface area contributed by atoms with E-state index in [0.717, 1.165) is 5.69 Å². The average molecular weight is 465 g/mol. The molecule has 34 heavy (non-hydrogen) atoms. The molecule has 0 aliphatic heterocycles. The molecular formula is C25H22F3N5O. The van der Waals surface area contributed by atoms with Crippen molar-refractivity contribution < 1.29 is 17.9 Å². The number of rotatable bonds is 8. The summed E-state index contributed by atoms with van der Waals surface area (Å²) in [7, 11) is 0. The van der Waals surface area contributed by atoms with Crippen molar-refractivity contribution in [2.75, 3.05) is 12.3 Å². The molecule has 0 radical (unpaired) electrons. The number of hydrogen-bond donors (Lipinski definition) is 1. The van der Waals surface area contributed by atoms with Gasteiger partial charge in [-0.1, -0.05) is 6.07 Å². The Hall–Kier alpha value is -4.01. The SMILES string of the molecule is Cc1cc(-c2c(OCCCc3ccccn3)nc(N)nc2-c2ccc(F)cc2)cc(C(F)F)n1. The lowest BCUT2D eigenvalue weighted by atomic mass is 9.99. The molecule has 0 unspecified atom stereocenters. The average Bonchev–Trinajstić information content (AvgIpc) is 2.82. The molecule has 3 heterocycles. The number of halogens is 3. The first-order valence-electron chi connectivity index (χ1n) is 10.6. The number of nitrogen functional groups attached to an aromatic ring is 1. The van der Waals surface area contributed by atoms with Crippen LogP contribution in [0.1, 0.15) is 29.9 Å². The predicted octanol–water partition coefficient (Wildman–Crippen LogP) is 5.58. The highest BCUT2D eigenvalue weighted by Gasteiger charge is 2.21. The fourth-order valence-electron chi connectivity index (χ4n) is 3.56. The van der Waals surface area contributed by atoms with Crippen LogP contribution in [0.5, 0.6) is 5.88 Å². The largest absolute Gasteiger partial charge is 0.477 e. The summed E-state index contributed by atoms with van der Waals surface area (Å²) in [5.41, 5.74) is 8.57. The van der Waals surface area contributed by atoms with Crippen molar-refractivity contribution in [2.45, 2.75) is 26.2 Å². The molecule has 0 fully saturated rings. The van der Waals surface area contributed by atoms with Crippen LogP contribution in [0.15, 0.2) is 60.8 Å². The predicted molar refractivity (Wildman–Crippen MR) is 123 cm³/mol. The van der Waals surface area contributed by atoms with Crippen molar-refractivity contribution in [3.8, 4) is 28.3 Å². The molecule has 0 spiro atoms. The van der Waals surface area contributed by atoms with Gasteiger partial charge in [-0.25, -0.2) is 18.2 Å². The molecule has 0 bridgehead atoms. The lowest BCUT2D eigenvalue weighted by molar-refractivity contribution is 0.146. The first-order valence-corrected chi connectivity index (χ1v) is 10.6. The molecule has 0 saturated carbocycles. The fourth-order valence-corrected chi connectivity index (χ4v) is 3.56. The third-order valence-electron chi connectivity index (χ3n) is 5.04. The van der Waals surface area contributed by atoms with E-state index in [4.69, 9.17) is 10.5 Å². The summed E-state index contributed by atoms with van der Waals surface area (Å²) in [6.45, 7) is 1.91. The highest BCUT2D eigenvalue weighted by molar-refractivity contribution is 5.85. The lowest BCUT2D eigenvalue weighted by Gasteiger charge is -2.16. The second-order valence-corrected chi connectivity index (χ2v) is 7.61. The number of benzene rings is 1. The van der Waals surface area contributed by atoms with E-state index in [9.17, 15) is 13.2 Å². The minimum absolute atomic E-state index is 0.0531. The standard InChI is InChI=1S/C25H22F3N5O/c1-15-13-17(14-20(31-15)23(27)28)21-22(16-7-9-18(26)10-8-16)32-25(29)33-24(21)34-12-4-6-19-5-2-3-11-30-19/h2-3,5,7-11,13-14,23H,4,6,12H2,1H3,(H2,29,32,33). The lowest BCUT2D eigenvalue weighted by Crippen LogP contribution is -2.08. The Labute approximate surface area is 194 Å². The number of hydrogen-bond acceptors (Lipinski definition) is 6. The van der Waals surface area contributed by atoms with Crippen molar-refractivity contribution in [3.05, 3.63) is 83.7 Å². The van der Waals surface area contributed by atoms with Crippen molar-refractivity contribution in [1.29, 1.82) is 0 Å². The first-order chi connectivity index (χ1) is 16.4. The van der Waals surface area contributed by atoms with Gasteiger partial charge in [-0.05, 0) is 73.9 Å². The minimum Gasteiger partial charge on any atom is -0.477 e. The van der Waals surface area contributed by atoms with E-state index in [0.29, 0.717) is 40.9 Å². The van der Waals surface area contributed by atoms with Gasteiger partial charge in [-0.2, -0.15) is 4.98 Å². The Morgan fingerprint density at radius 1 is 0.971 bits per heavy atom. The summed E-state index contributed by atoms with van der Waals surface area (Å²) in [4.78, 5) is 16.8. The van der Waals surface area contributed by atoms with Gasteiger partial charge in [0.25, 0.3) is 6.43 Å². The summed E-state index contributed by atoms with van der Waals surface area (Å²) >= 11 is 0. The normalized spacial score (nSPS) is 11.1. The molecule has 2 N–H and O–H groups in total. The quantitative estimate of drug-likeness (QED) is 0.342. The number of nitrogens with two attached hydrogens (primary N) is 1. The van der Waals surface area contributed by atoms with E-state index in [1.807, 2.05) is 18.2 Å². The van der Waals surface area contributed by atoms with Crippen LogP contribution in [0.25, 0.3) is 22.4 Å². The van der Waals surface area contributed by atoms with E-state index in [-0.39, 0.29) is 24.1 Å². The van der Waals surface area contributed by atoms with E-state index in [1.54, 1.807) is 19.2 Å². The second kappa shape index (κ2) is 10.3. The van der Waals surface area contributed by atoms with Crippen LogP contribution in [0, 0.1) is 12.7 Å². The molecule has 6 nitrogen and oxygen atoms in total. The number of alkyl halides is 2. The molecule has 0 atom stereocenters. The summed E-state index contributed by atoms with van der Waals surface area (Å²) in [5, 5.41) is 0. The molecule has 1 aromatic carbocycles. The van der Waals surface area contributed by atoms with Crippen LogP contribution < -0.4 is 10.5 Å². The van der Waals surface area contributed by atoms with Gasteiger partial charge >= 0.3 is 0 Å². The monoisotopic (exact) mass is 465 g/mol. The fraction of sp³-hybridized carbons (Fsp3) is 0.200. The van der Waals surface area contributed by atoms with Gasteiger partial charge in [-0.3, -0.25) is 9.97 Å². The Kier molecular flexibility index (Phi) is 7.01. The summed E-state index contributed by atoms with van der Waals surface area (Å²) in [6.07, 6.45) is 0.293. The third kappa shape index (κ3) is 5.48. The molecule has 0 amide bonds. The number of nitrogens with zero attached hydrogens (tertiary/aromatic N) is 4. The topological polar surface area (TPSA) is 86.8 Å². The summed E-state index contributed by atoms with van der Waals surface area (Å²) in [5.74, 6) is -0.320. The zero-order valence-electron chi connectivity index (χ0n) is 18.4. The molecule has 0 aliphatic rings.